The van der Waals surface area contributed by atoms with Crippen LogP contribution in [0.5, 0.6) is 0 Å². The molecule has 13 heteroatoms. The molecule has 3 rings (SSSR count). The molecule has 1 saturated heterocycles. The first-order valence-corrected chi connectivity index (χ1v) is 12.2. The van der Waals surface area contributed by atoms with Crippen molar-refractivity contribution >= 4 is 35.6 Å². The summed E-state index contributed by atoms with van der Waals surface area (Å²) in [6.07, 6.45) is -8.13. The summed E-state index contributed by atoms with van der Waals surface area (Å²) in [5.74, 6) is -7.32. The van der Waals surface area contributed by atoms with E-state index in [2.05, 4.69) is 0 Å². The van der Waals surface area contributed by atoms with Gasteiger partial charge >= 0.3 is 29.8 Å². The number of ether oxygens (including phenoxy) is 6. The summed E-state index contributed by atoms with van der Waals surface area (Å²) >= 11 is 0. The van der Waals surface area contributed by atoms with Crippen LogP contribution in [-0.4, -0.2) is 89.1 Å². The van der Waals surface area contributed by atoms with E-state index >= 15 is 0 Å². The molecule has 0 amide bonds. The lowest BCUT2D eigenvalue weighted by Gasteiger charge is -2.63. The summed E-state index contributed by atoms with van der Waals surface area (Å²) in [4.78, 5) is 75.5. The lowest BCUT2D eigenvalue weighted by Crippen LogP contribution is -2.83. The minimum atomic E-state index is -2.13. The van der Waals surface area contributed by atoms with Crippen molar-refractivity contribution in [2.24, 2.45) is 17.3 Å². The number of aliphatic hydroxyl groups is 1. The monoisotopic (exact) mass is 542 g/mol. The molecule has 2 saturated carbocycles. The van der Waals surface area contributed by atoms with Crippen LogP contribution in [0.2, 0.25) is 0 Å². The average Bonchev–Trinajstić information content (AvgIpc) is 2.96. The maximum Gasteiger partial charge on any atom is 0.303 e. The van der Waals surface area contributed by atoms with Crippen LogP contribution in [0, 0.1) is 17.3 Å². The van der Waals surface area contributed by atoms with E-state index in [-0.39, 0.29) is 0 Å². The second-order valence-electron chi connectivity index (χ2n) is 10.6. The van der Waals surface area contributed by atoms with Gasteiger partial charge in [0.25, 0.3) is 0 Å². The lowest BCUT2D eigenvalue weighted by molar-refractivity contribution is -0.333. The average molecular weight is 543 g/mol. The summed E-state index contributed by atoms with van der Waals surface area (Å²) in [7, 11) is 0. The van der Waals surface area contributed by atoms with Crippen molar-refractivity contribution in [3.05, 3.63) is 0 Å². The zero-order valence-electron chi connectivity index (χ0n) is 22.6. The summed E-state index contributed by atoms with van der Waals surface area (Å²) in [5, 5.41) is 11.5. The van der Waals surface area contributed by atoms with Gasteiger partial charge in [-0.15, -0.1) is 0 Å². The molecule has 2 bridgehead atoms. The first kappa shape index (κ1) is 29.5. The summed E-state index contributed by atoms with van der Waals surface area (Å²) in [6, 6.07) is 0. The predicted octanol–water partition coefficient (Wildman–Crippen LogP) is 0.0198. The Morgan fingerprint density at radius 2 is 1.32 bits per heavy atom. The van der Waals surface area contributed by atoms with Gasteiger partial charge in [0.1, 0.15) is 29.8 Å². The van der Waals surface area contributed by atoms with Gasteiger partial charge in [-0.2, -0.15) is 0 Å². The number of carbonyl (C=O) groups excluding carboxylic acids is 6. The first-order valence-electron chi connectivity index (χ1n) is 12.2. The van der Waals surface area contributed by atoms with Gasteiger partial charge in [0.05, 0.1) is 11.5 Å². The van der Waals surface area contributed by atoms with Crippen molar-refractivity contribution in [2.75, 3.05) is 6.61 Å². The van der Waals surface area contributed by atoms with E-state index in [9.17, 15) is 33.9 Å². The summed E-state index contributed by atoms with van der Waals surface area (Å²) in [6.45, 7) is 9.24. The molecule has 1 N–H and O–H groups in total. The van der Waals surface area contributed by atoms with Gasteiger partial charge in [0.2, 0.25) is 0 Å². The lowest BCUT2D eigenvalue weighted by atomic mass is 9.47. The molecule has 3 aliphatic rings. The number of carbonyl (C=O) groups is 6. The number of fused-ring (bicyclic) bond motifs is 1. The van der Waals surface area contributed by atoms with Gasteiger partial charge < -0.3 is 33.5 Å². The maximum absolute atomic E-state index is 14.2. The molecule has 0 aromatic rings. The third kappa shape index (κ3) is 4.35. The van der Waals surface area contributed by atoms with Crippen molar-refractivity contribution in [3.63, 3.8) is 0 Å². The molecular weight excluding hydrogens is 508 g/mol. The molecule has 0 unspecified atom stereocenters. The summed E-state index contributed by atoms with van der Waals surface area (Å²) in [5.41, 5.74) is -5.43. The van der Waals surface area contributed by atoms with Crippen LogP contribution in [0.3, 0.4) is 0 Å². The van der Waals surface area contributed by atoms with Gasteiger partial charge in [-0.25, -0.2) is 0 Å². The number of rotatable bonds is 6. The van der Waals surface area contributed by atoms with Crippen LogP contribution < -0.4 is 0 Å². The van der Waals surface area contributed by atoms with E-state index in [1.807, 2.05) is 0 Å². The molecule has 2 aliphatic carbocycles. The fourth-order valence-electron chi connectivity index (χ4n) is 6.63. The summed E-state index contributed by atoms with van der Waals surface area (Å²) < 4.78 is 34.3. The Morgan fingerprint density at radius 3 is 1.79 bits per heavy atom. The van der Waals surface area contributed by atoms with Crippen LogP contribution in [0.4, 0.5) is 0 Å². The Bertz CT molecular complexity index is 1050. The number of hydrogen-bond acceptors (Lipinski definition) is 13. The first-order chi connectivity index (χ1) is 17.4. The van der Waals surface area contributed by atoms with Crippen LogP contribution in [0.25, 0.3) is 0 Å². The molecule has 212 valence electrons. The van der Waals surface area contributed by atoms with Gasteiger partial charge in [-0.05, 0) is 13.8 Å². The highest BCUT2D eigenvalue weighted by Crippen LogP contribution is 2.67. The number of aliphatic hydroxyl groups excluding tert-OH is 1. The molecule has 1 aliphatic heterocycles. The normalized spacial score (nSPS) is 38.9. The topological polar surface area (TPSA) is 178 Å². The molecule has 0 radical (unpaired) electrons. The Balaban J connectivity index is 2.50. The number of esters is 5. The predicted molar refractivity (Wildman–Crippen MR) is 123 cm³/mol. The molecule has 1 heterocycles. The fourth-order valence-corrected chi connectivity index (χ4v) is 6.63. The van der Waals surface area contributed by atoms with Crippen molar-refractivity contribution in [1.29, 1.82) is 0 Å². The van der Waals surface area contributed by atoms with Gasteiger partial charge in [-0.1, -0.05) is 6.92 Å². The minimum absolute atomic E-state index is 0.751. The third-order valence-corrected chi connectivity index (χ3v) is 7.68. The van der Waals surface area contributed by atoms with E-state index in [0.29, 0.717) is 0 Å². The van der Waals surface area contributed by atoms with Gasteiger partial charge in [0, 0.05) is 40.5 Å². The molecular formula is C25H34O13. The highest BCUT2D eigenvalue weighted by molar-refractivity contribution is 5.93. The van der Waals surface area contributed by atoms with E-state index < -0.39 is 101 Å². The molecule has 38 heavy (non-hydrogen) atoms. The van der Waals surface area contributed by atoms with E-state index in [1.165, 1.54) is 6.92 Å². The van der Waals surface area contributed by atoms with Crippen molar-refractivity contribution < 1.29 is 62.3 Å². The fraction of sp³-hybridized carbons (Fsp3) is 0.760. The molecule has 3 fully saturated rings. The highest BCUT2D eigenvalue weighted by atomic mass is 16.6. The Kier molecular flexibility index (Phi) is 7.70. The minimum Gasteiger partial charge on any atom is -0.465 e. The third-order valence-electron chi connectivity index (χ3n) is 7.68. The SMILES string of the molecule is CC(=O)OC[C@]12[C@H](OC(C)=O)C(=O)[C@@H]3[C@@H](OC(C)=O)[C@]1(OC3(C)C)[C@H](C)[C@@H](O)[C@H](OC(C)=O)[C@@H]2OC(C)=O. The number of ketones is 1. The van der Waals surface area contributed by atoms with Crippen LogP contribution in [0.15, 0.2) is 0 Å². The second-order valence-corrected chi connectivity index (χ2v) is 10.6. The molecule has 0 aromatic heterocycles. The van der Waals surface area contributed by atoms with Gasteiger partial charge in [0.15, 0.2) is 24.1 Å². The van der Waals surface area contributed by atoms with Crippen LogP contribution in [-0.2, 0) is 57.2 Å². The number of Topliss-reactive ketones (excluding diaryl/α,β-unsaturated/α-hetero) is 1. The molecule has 1 spiro atoms. The van der Waals surface area contributed by atoms with Crippen molar-refractivity contribution in [3.8, 4) is 0 Å². The van der Waals surface area contributed by atoms with Crippen molar-refractivity contribution in [1.82, 2.24) is 0 Å². The Morgan fingerprint density at radius 1 is 0.816 bits per heavy atom. The second kappa shape index (κ2) is 9.92. The molecule has 9 atom stereocenters. The molecule has 0 aromatic carbocycles. The quantitative estimate of drug-likeness (QED) is 0.351. The Hall–Kier alpha value is -3.06. The van der Waals surface area contributed by atoms with E-state index in [4.69, 9.17) is 28.4 Å². The standard InChI is InChI=1S/C25H34O13/c1-10-17(31)19(34-12(3)27)22(37-15(6)30)24(9-33-11(2)26)21(36-14(5)29)18(32)16-20(35-13(4)28)25(10,24)38-23(16,7)8/h10,16-17,19-22,31H,9H2,1-8H3/t10-,16-,17-,19+,20-,21-,22+,24-,25-/m1/s1. The molecule has 13 nitrogen and oxygen atoms in total. The highest BCUT2D eigenvalue weighted by Gasteiger charge is 2.86. The smallest absolute Gasteiger partial charge is 0.303 e. The van der Waals surface area contributed by atoms with Crippen molar-refractivity contribution in [2.45, 2.75) is 97.1 Å². The van der Waals surface area contributed by atoms with E-state index in [0.717, 1.165) is 34.6 Å². The van der Waals surface area contributed by atoms with E-state index in [1.54, 1.807) is 13.8 Å². The maximum atomic E-state index is 14.2. The number of hydrogen-bond donors (Lipinski definition) is 1. The zero-order valence-corrected chi connectivity index (χ0v) is 22.6. The van der Waals surface area contributed by atoms with Crippen LogP contribution in [0.1, 0.15) is 55.4 Å². The largest absolute Gasteiger partial charge is 0.465 e. The Labute approximate surface area is 219 Å². The van der Waals surface area contributed by atoms with Gasteiger partial charge in [-0.3, -0.25) is 28.8 Å². The zero-order chi connectivity index (χ0) is 29.0. The van der Waals surface area contributed by atoms with Crippen LogP contribution >= 0.6 is 0 Å².